The summed E-state index contributed by atoms with van der Waals surface area (Å²) in [6.45, 7) is 0. The van der Waals surface area contributed by atoms with Crippen molar-refractivity contribution in [3.8, 4) is 0 Å². The van der Waals surface area contributed by atoms with E-state index in [9.17, 15) is 0 Å². The van der Waals surface area contributed by atoms with Crippen LogP contribution in [0.1, 0.15) is 0 Å². The van der Waals surface area contributed by atoms with Crippen molar-refractivity contribution < 1.29 is 0 Å². The first kappa shape index (κ1) is 22.6. The number of rotatable bonds is 4. The number of hydrogen-bond donors (Lipinski definition) is 0. The van der Waals surface area contributed by atoms with Gasteiger partial charge in [0.05, 0.1) is 0 Å². The molecule has 0 nitrogen and oxygen atoms in total. The highest BCUT2D eigenvalue weighted by atomic mass is 28.3. The Morgan fingerprint density at radius 2 is 0.500 bits per heavy atom. The van der Waals surface area contributed by atoms with Crippen LogP contribution >= 0.6 is 0 Å². The molecule has 0 bridgehead atoms. The van der Waals surface area contributed by atoms with Gasteiger partial charge in [-0.3, -0.25) is 0 Å². The van der Waals surface area contributed by atoms with E-state index in [1.165, 1.54) is 20.7 Å². The van der Waals surface area contributed by atoms with Crippen LogP contribution in [0.15, 0.2) is 146 Å². The molecule has 0 atom stereocenters. The van der Waals surface area contributed by atoms with Crippen LogP contribution in [0.25, 0.3) is 0 Å². The summed E-state index contributed by atoms with van der Waals surface area (Å²) >= 11 is 0. The predicted molar refractivity (Wildman–Crippen MR) is 153 cm³/mol. The van der Waals surface area contributed by atoms with Crippen molar-refractivity contribution in [3.63, 3.8) is 0 Å². The van der Waals surface area contributed by atoms with Crippen LogP contribution in [0.2, 0.25) is 24.2 Å². The molecule has 0 unspecified atom stereocenters. The minimum absolute atomic E-state index is 1.14. The van der Waals surface area contributed by atoms with Gasteiger partial charge in [-0.1, -0.05) is 166 Å². The summed E-state index contributed by atoms with van der Waals surface area (Å²) in [5, 5.41) is 6.13. The van der Waals surface area contributed by atoms with E-state index >= 15 is 0 Å². The van der Waals surface area contributed by atoms with Crippen LogP contribution in [-0.4, -0.2) is 16.1 Å². The number of allylic oxidation sites excluding steroid dienone is 4. The van der Waals surface area contributed by atoms with Crippen molar-refractivity contribution in [1.82, 2.24) is 0 Å². The monoisotopic (exact) mass is 472 g/mol. The first-order chi connectivity index (χ1) is 16.8. The van der Waals surface area contributed by atoms with Gasteiger partial charge in [-0.05, 0) is 24.2 Å². The molecule has 4 aromatic rings. The Labute approximate surface area is 206 Å². The highest BCUT2D eigenvalue weighted by Crippen LogP contribution is 2.24. The molecule has 0 radical (unpaired) electrons. The Bertz CT molecular complexity index is 1030. The van der Waals surface area contributed by atoms with Crippen LogP contribution in [0.5, 0.6) is 0 Å². The molecule has 0 aliphatic carbocycles. The van der Waals surface area contributed by atoms with Crippen molar-refractivity contribution in [1.29, 1.82) is 0 Å². The Hall–Kier alpha value is -3.21. The summed E-state index contributed by atoms with van der Waals surface area (Å²) in [7, 11) is -3.87. The Morgan fingerprint density at radius 1 is 0.294 bits per heavy atom. The lowest BCUT2D eigenvalue weighted by atomic mass is 10.4. The summed E-state index contributed by atoms with van der Waals surface area (Å²) in [5.74, 6) is 0. The van der Waals surface area contributed by atoms with Crippen molar-refractivity contribution in [2.24, 2.45) is 0 Å². The van der Waals surface area contributed by atoms with Gasteiger partial charge < -0.3 is 0 Å². The molecule has 0 spiro atoms. The summed E-state index contributed by atoms with van der Waals surface area (Å²) < 4.78 is 0. The van der Waals surface area contributed by atoms with E-state index in [1.807, 2.05) is 0 Å². The van der Waals surface area contributed by atoms with E-state index < -0.39 is 16.1 Å². The van der Waals surface area contributed by atoms with Crippen LogP contribution in [0.3, 0.4) is 0 Å². The summed E-state index contributed by atoms with van der Waals surface area (Å²) in [6, 6.07) is 49.7. The minimum Gasteiger partial charge on any atom is -0.0908 e. The molecule has 2 heteroatoms. The molecule has 0 N–H and O–H groups in total. The van der Waals surface area contributed by atoms with Crippen LogP contribution in [0.4, 0.5) is 0 Å². The molecule has 34 heavy (non-hydrogen) atoms. The molecule has 1 heterocycles. The average molecular weight is 473 g/mol. The Kier molecular flexibility index (Phi) is 6.89. The predicted octanol–water partition coefficient (Wildman–Crippen LogP) is 5.64. The highest BCUT2D eigenvalue weighted by molar-refractivity contribution is 7.03. The lowest BCUT2D eigenvalue weighted by molar-refractivity contribution is 1.38. The van der Waals surface area contributed by atoms with E-state index in [1.54, 1.807) is 0 Å². The summed E-state index contributed by atoms with van der Waals surface area (Å²) in [4.78, 5) is 0. The zero-order valence-electron chi connectivity index (χ0n) is 19.7. The molecular weight excluding hydrogens is 441 g/mol. The zero-order valence-corrected chi connectivity index (χ0v) is 21.7. The Balaban J connectivity index is 1.58. The van der Waals surface area contributed by atoms with Crippen LogP contribution in [0, 0.1) is 0 Å². The van der Waals surface area contributed by atoms with Gasteiger partial charge in [0, 0.05) is 0 Å². The largest absolute Gasteiger partial charge is 0.125 e. The standard InChI is InChI=1S/C32H32Si2/c1-5-17-29(18-6-1)33(30-19-7-2-8-20-30)25-13-15-27-34(28-16-14-26-33,31-21-9-3-10-22-31)32-23-11-4-12-24-32/h1-24H,25-28H2/b15-13+,16-14?. The first-order valence-corrected chi connectivity index (χ1v) is 17.2. The fourth-order valence-corrected chi connectivity index (χ4v) is 14.1. The lowest BCUT2D eigenvalue weighted by Crippen LogP contribution is -2.58. The van der Waals surface area contributed by atoms with Crippen molar-refractivity contribution >= 4 is 36.9 Å². The van der Waals surface area contributed by atoms with Crippen molar-refractivity contribution in [2.75, 3.05) is 0 Å². The van der Waals surface area contributed by atoms with E-state index in [4.69, 9.17) is 0 Å². The van der Waals surface area contributed by atoms with Gasteiger partial charge in [-0.15, -0.1) is 0 Å². The van der Waals surface area contributed by atoms with Gasteiger partial charge in [0.1, 0.15) is 16.1 Å². The second-order valence-electron chi connectivity index (χ2n) is 9.39. The molecular formula is C32H32Si2. The van der Waals surface area contributed by atoms with Gasteiger partial charge in [-0.25, -0.2) is 0 Å². The molecule has 0 amide bonds. The van der Waals surface area contributed by atoms with Gasteiger partial charge in [0.2, 0.25) is 0 Å². The minimum atomic E-state index is -1.94. The Morgan fingerprint density at radius 3 is 0.706 bits per heavy atom. The molecule has 4 aromatic carbocycles. The van der Waals surface area contributed by atoms with Gasteiger partial charge in [-0.2, -0.15) is 0 Å². The fraction of sp³-hybridized carbons (Fsp3) is 0.125. The second-order valence-corrected chi connectivity index (χ2v) is 17.7. The molecule has 1 aliphatic rings. The van der Waals surface area contributed by atoms with Gasteiger partial charge in [0.25, 0.3) is 0 Å². The summed E-state index contributed by atoms with van der Waals surface area (Å²) in [6.07, 6.45) is 10.1. The fourth-order valence-electron chi connectivity index (χ4n) is 5.61. The third-order valence-electron chi connectivity index (χ3n) is 7.50. The maximum absolute atomic E-state index is 2.53. The smallest absolute Gasteiger partial charge is 0.0908 e. The molecule has 1 aliphatic heterocycles. The van der Waals surface area contributed by atoms with E-state index in [-0.39, 0.29) is 0 Å². The van der Waals surface area contributed by atoms with Crippen molar-refractivity contribution in [3.05, 3.63) is 146 Å². The maximum atomic E-state index is 2.53. The number of benzene rings is 4. The molecule has 0 saturated carbocycles. The molecule has 0 aromatic heterocycles. The number of hydrogen-bond acceptors (Lipinski definition) is 0. The summed E-state index contributed by atoms with van der Waals surface area (Å²) in [5.41, 5.74) is 0. The van der Waals surface area contributed by atoms with Gasteiger partial charge >= 0.3 is 0 Å². The zero-order chi connectivity index (χ0) is 23.1. The SMILES string of the molecule is C1=CC[Si](c2ccccc2)(c2ccccc2)C/C=C/C[Si](c2ccccc2)(c2ccccc2)C1. The first-order valence-electron chi connectivity index (χ1n) is 12.4. The van der Waals surface area contributed by atoms with E-state index in [0.29, 0.717) is 0 Å². The molecule has 5 rings (SSSR count). The normalized spacial score (nSPS) is 18.1. The van der Waals surface area contributed by atoms with Crippen molar-refractivity contribution in [2.45, 2.75) is 24.2 Å². The third-order valence-corrected chi connectivity index (χ3v) is 17.0. The van der Waals surface area contributed by atoms with Gasteiger partial charge in [0.15, 0.2) is 0 Å². The third kappa shape index (κ3) is 4.44. The van der Waals surface area contributed by atoms with E-state index in [2.05, 4.69) is 146 Å². The maximum Gasteiger partial charge on any atom is 0.125 e. The van der Waals surface area contributed by atoms with Crippen LogP contribution in [-0.2, 0) is 0 Å². The van der Waals surface area contributed by atoms with E-state index in [0.717, 1.165) is 24.2 Å². The topological polar surface area (TPSA) is 0 Å². The second kappa shape index (κ2) is 10.4. The highest BCUT2D eigenvalue weighted by Gasteiger charge is 2.38. The quantitative estimate of drug-likeness (QED) is 0.266. The lowest BCUT2D eigenvalue weighted by Gasteiger charge is -2.34. The molecule has 0 fully saturated rings. The average Bonchev–Trinajstić information content (AvgIpc) is 2.93. The molecule has 168 valence electrons. The molecule has 0 saturated heterocycles. The van der Waals surface area contributed by atoms with Crippen LogP contribution < -0.4 is 20.7 Å².